The molecular formula is C30H31N3O3S2. The zero-order valence-electron chi connectivity index (χ0n) is 21.6. The molecule has 0 aliphatic rings. The lowest BCUT2D eigenvalue weighted by Gasteiger charge is -2.21. The Kier molecular flexibility index (Phi) is 7.74. The molecule has 0 fully saturated rings. The predicted molar refractivity (Wildman–Crippen MR) is 158 cm³/mol. The van der Waals surface area contributed by atoms with Crippen molar-refractivity contribution in [2.24, 2.45) is 0 Å². The molecule has 0 aliphatic carbocycles. The van der Waals surface area contributed by atoms with Gasteiger partial charge in [0.2, 0.25) is 10.0 Å². The molecule has 8 heteroatoms. The van der Waals surface area contributed by atoms with Gasteiger partial charge in [-0.1, -0.05) is 86.6 Å². The van der Waals surface area contributed by atoms with Crippen LogP contribution in [-0.4, -0.2) is 36.7 Å². The third kappa shape index (κ3) is 5.16. The summed E-state index contributed by atoms with van der Waals surface area (Å²) in [5, 5.41) is 7.14. The van der Waals surface area contributed by atoms with Crippen LogP contribution in [0.15, 0.2) is 77.7 Å². The summed E-state index contributed by atoms with van der Waals surface area (Å²) < 4.78 is 29.2. The van der Waals surface area contributed by atoms with Gasteiger partial charge in [0.15, 0.2) is 5.13 Å². The molecule has 5 rings (SSSR count). The van der Waals surface area contributed by atoms with Crippen LogP contribution in [-0.2, 0) is 10.0 Å². The van der Waals surface area contributed by atoms with Gasteiger partial charge in [0.05, 0.1) is 20.7 Å². The zero-order chi connectivity index (χ0) is 26.7. The molecule has 1 N–H and O–H groups in total. The molecule has 196 valence electrons. The van der Waals surface area contributed by atoms with Crippen molar-refractivity contribution in [3.8, 4) is 0 Å². The number of benzene rings is 4. The molecule has 4 aromatic carbocycles. The monoisotopic (exact) mass is 545 g/mol. The number of rotatable bonds is 10. The third-order valence-corrected chi connectivity index (χ3v) is 9.57. The Morgan fingerprint density at radius 3 is 2.08 bits per heavy atom. The predicted octanol–water partition coefficient (Wildman–Crippen LogP) is 7.45. The average Bonchev–Trinajstić information content (AvgIpc) is 3.33. The summed E-state index contributed by atoms with van der Waals surface area (Å²) >= 11 is 1.28. The molecule has 1 heterocycles. The fraction of sp³-hybridized carbons (Fsp3) is 0.267. The Balaban J connectivity index is 1.47. The van der Waals surface area contributed by atoms with E-state index >= 15 is 0 Å². The molecule has 1 aromatic heterocycles. The molecule has 0 saturated heterocycles. The van der Waals surface area contributed by atoms with Crippen molar-refractivity contribution in [1.29, 1.82) is 0 Å². The molecule has 0 saturated carbocycles. The number of nitrogens with zero attached hydrogens (tertiary/aromatic N) is 2. The van der Waals surface area contributed by atoms with Crippen molar-refractivity contribution in [3.63, 3.8) is 0 Å². The van der Waals surface area contributed by atoms with E-state index in [0.29, 0.717) is 29.3 Å². The van der Waals surface area contributed by atoms with E-state index in [2.05, 4.69) is 30.2 Å². The van der Waals surface area contributed by atoms with Gasteiger partial charge in [-0.05, 0) is 58.7 Å². The van der Waals surface area contributed by atoms with Crippen molar-refractivity contribution in [1.82, 2.24) is 9.29 Å². The first-order valence-corrected chi connectivity index (χ1v) is 15.3. The molecule has 38 heavy (non-hydrogen) atoms. The number of unbranched alkanes of at least 4 members (excludes halogenated alkanes) is 2. The second-order valence-electron chi connectivity index (χ2n) is 9.41. The van der Waals surface area contributed by atoms with Crippen LogP contribution in [0.2, 0.25) is 0 Å². The first-order chi connectivity index (χ1) is 18.4. The number of nitrogens with one attached hydrogen (secondary N) is 1. The lowest BCUT2D eigenvalue weighted by atomic mass is 9.96. The van der Waals surface area contributed by atoms with Gasteiger partial charge in [-0.15, -0.1) is 0 Å². The molecule has 0 aliphatic heterocycles. The summed E-state index contributed by atoms with van der Waals surface area (Å²) in [7, 11) is -3.62. The lowest BCUT2D eigenvalue weighted by molar-refractivity contribution is 0.103. The van der Waals surface area contributed by atoms with Gasteiger partial charge < -0.3 is 0 Å². The van der Waals surface area contributed by atoms with E-state index in [9.17, 15) is 13.2 Å². The Labute approximate surface area is 227 Å². The van der Waals surface area contributed by atoms with Gasteiger partial charge in [0.1, 0.15) is 0 Å². The van der Waals surface area contributed by atoms with Gasteiger partial charge in [-0.3, -0.25) is 10.1 Å². The van der Waals surface area contributed by atoms with Gasteiger partial charge in [0, 0.05) is 13.1 Å². The summed E-state index contributed by atoms with van der Waals surface area (Å²) in [6.07, 6.45) is 3.51. The number of thiazole rings is 1. The van der Waals surface area contributed by atoms with E-state index in [4.69, 9.17) is 0 Å². The van der Waals surface area contributed by atoms with E-state index in [1.165, 1.54) is 11.3 Å². The van der Waals surface area contributed by atoms with Crippen LogP contribution in [0.5, 0.6) is 0 Å². The molecule has 0 spiro atoms. The largest absolute Gasteiger partial charge is 0.298 e. The maximum atomic E-state index is 13.6. The number of hydrogen-bond acceptors (Lipinski definition) is 5. The van der Waals surface area contributed by atoms with Gasteiger partial charge in [-0.25, -0.2) is 13.4 Å². The maximum absolute atomic E-state index is 13.6. The standard InChI is InChI=1S/C30H31N3O3S2/c1-3-5-17-33(18-6-4-2)38(35,36)23-15-16-26-27(20-23)37-30(31-26)32-29(34)28-24-13-9-7-11-21(24)19-22-12-8-10-14-25(22)28/h7-16,19-20H,3-6,17-18H2,1-2H3,(H,31,32,34). The second kappa shape index (κ2) is 11.2. The molecular weight excluding hydrogens is 514 g/mol. The van der Waals surface area contributed by atoms with Crippen LogP contribution in [0.3, 0.4) is 0 Å². The number of carbonyl (C=O) groups is 1. The Morgan fingerprint density at radius 2 is 1.47 bits per heavy atom. The van der Waals surface area contributed by atoms with Gasteiger partial charge in [-0.2, -0.15) is 4.31 Å². The molecule has 6 nitrogen and oxygen atoms in total. The number of fused-ring (bicyclic) bond motifs is 3. The highest BCUT2D eigenvalue weighted by atomic mass is 32.2. The first kappa shape index (κ1) is 26.3. The van der Waals surface area contributed by atoms with Crippen molar-refractivity contribution in [2.75, 3.05) is 18.4 Å². The summed E-state index contributed by atoms with van der Waals surface area (Å²) in [5.41, 5.74) is 1.25. The minimum Gasteiger partial charge on any atom is -0.298 e. The highest BCUT2D eigenvalue weighted by molar-refractivity contribution is 7.89. The quantitative estimate of drug-likeness (QED) is 0.185. The van der Waals surface area contributed by atoms with E-state index < -0.39 is 10.0 Å². The Morgan fingerprint density at radius 1 is 0.868 bits per heavy atom. The van der Waals surface area contributed by atoms with Gasteiger partial charge >= 0.3 is 0 Å². The summed E-state index contributed by atoms with van der Waals surface area (Å²) in [5.74, 6) is -0.241. The lowest BCUT2D eigenvalue weighted by Crippen LogP contribution is -2.33. The van der Waals surface area contributed by atoms with Crippen molar-refractivity contribution in [2.45, 2.75) is 44.4 Å². The van der Waals surface area contributed by atoms with Crippen LogP contribution >= 0.6 is 11.3 Å². The fourth-order valence-electron chi connectivity index (χ4n) is 4.71. The number of anilines is 1. The van der Waals surface area contributed by atoms with Crippen molar-refractivity contribution in [3.05, 3.63) is 78.4 Å². The van der Waals surface area contributed by atoms with Crippen LogP contribution in [0.4, 0.5) is 5.13 Å². The maximum Gasteiger partial charge on any atom is 0.258 e. The Hall–Kier alpha value is -3.33. The van der Waals surface area contributed by atoms with Crippen LogP contribution < -0.4 is 5.32 Å². The SMILES string of the molecule is CCCCN(CCCC)S(=O)(=O)c1ccc2nc(NC(=O)c3c4ccccc4cc4ccccc34)sc2c1. The topological polar surface area (TPSA) is 79.4 Å². The van der Waals surface area contributed by atoms with E-state index in [1.807, 2.05) is 48.5 Å². The summed E-state index contributed by atoms with van der Waals surface area (Å²) in [6.45, 7) is 5.15. The number of carbonyl (C=O) groups excluding carboxylic acids is 1. The summed E-state index contributed by atoms with van der Waals surface area (Å²) in [4.78, 5) is 18.4. The van der Waals surface area contributed by atoms with E-state index in [-0.39, 0.29) is 10.8 Å². The molecule has 1 amide bonds. The van der Waals surface area contributed by atoms with Gasteiger partial charge in [0.25, 0.3) is 5.91 Å². The van der Waals surface area contributed by atoms with Crippen LogP contribution in [0.25, 0.3) is 31.8 Å². The molecule has 0 atom stereocenters. The number of hydrogen-bond donors (Lipinski definition) is 1. The van der Waals surface area contributed by atoms with E-state index in [0.717, 1.165) is 51.9 Å². The Bertz CT molecular complexity index is 1670. The smallest absolute Gasteiger partial charge is 0.258 e. The molecule has 0 radical (unpaired) electrons. The average molecular weight is 546 g/mol. The second-order valence-corrected chi connectivity index (χ2v) is 12.4. The number of amides is 1. The van der Waals surface area contributed by atoms with Crippen LogP contribution in [0.1, 0.15) is 49.9 Å². The minimum absolute atomic E-state index is 0.241. The zero-order valence-corrected chi connectivity index (χ0v) is 23.2. The third-order valence-electron chi connectivity index (χ3n) is 6.74. The highest BCUT2D eigenvalue weighted by Crippen LogP contribution is 2.32. The number of aromatic nitrogens is 1. The summed E-state index contributed by atoms with van der Waals surface area (Å²) in [6, 6.07) is 22.8. The first-order valence-electron chi connectivity index (χ1n) is 13.0. The molecule has 5 aromatic rings. The molecule has 0 unspecified atom stereocenters. The van der Waals surface area contributed by atoms with Crippen LogP contribution in [0, 0.1) is 0 Å². The molecule has 0 bridgehead atoms. The number of sulfonamides is 1. The fourth-order valence-corrected chi connectivity index (χ4v) is 7.23. The highest BCUT2D eigenvalue weighted by Gasteiger charge is 2.24. The van der Waals surface area contributed by atoms with E-state index in [1.54, 1.807) is 22.5 Å². The normalized spacial score (nSPS) is 12.1. The van der Waals surface area contributed by atoms with Crippen molar-refractivity contribution < 1.29 is 13.2 Å². The van der Waals surface area contributed by atoms with Crippen molar-refractivity contribution >= 4 is 64.2 Å². The minimum atomic E-state index is -3.62.